The van der Waals surface area contributed by atoms with Crippen molar-refractivity contribution < 1.29 is 14.2 Å². The van der Waals surface area contributed by atoms with Crippen molar-refractivity contribution in [2.45, 2.75) is 13.2 Å². The van der Waals surface area contributed by atoms with Crippen LogP contribution in [0.4, 0.5) is 4.39 Å². The minimum Gasteiger partial charge on any atom is -0.497 e. The Morgan fingerprint density at radius 3 is 2.62 bits per heavy atom. The Morgan fingerprint density at radius 2 is 1.97 bits per heavy atom. The third-order valence-corrected chi connectivity index (χ3v) is 4.53. The molecule has 2 aromatic heterocycles. The number of aliphatic hydroxyl groups is 1. The molecule has 0 fully saturated rings. The molecule has 0 atom stereocenters. The third kappa shape index (κ3) is 3.67. The predicted molar refractivity (Wildman–Crippen MR) is 103 cm³/mol. The van der Waals surface area contributed by atoms with Crippen LogP contribution in [0.2, 0.25) is 0 Å². The molecule has 2 N–H and O–H groups in total. The standard InChI is InChI=1S/C20H18FN5O3/c1-29-18-7-13(6-16(21)8-18)11-25-19(12-27)24-26(20(25)28)17-4-2-14(3-5-17)15-9-22-23-10-15/h2-10,27H,11-12H2,1H3,(H,22,23). The zero-order chi connectivity index (χ0) is 20.4. The molecule has 2 heterocycles. The van der Waals surface area contributed by atoms with Crippen molar-refractivity contribution in [3.63, 3.8) is 0 Å². The molecule has 9 heteroatoms. The van der Waals surface area contributed by atoms with Gasteiger partial charge in [0.15, 0.2) is 5.82 Å². The second kappa shape index (κ2) is 7.72. The highest BCUT2D eigenvalue weighted by molar-refractivity contribution is 5.62. The summed E-state index contributed by atoms with van der Waals surface area (Å²) in [6, 6.07) is 11.4. The lowest BCUT2D eigenvalue weighted by atomic mass is 10.1. The normalized spacial score (nSPS) is 11.0. The molecule has 0 radical (unpaired) electrons. The summed E-state index contributed by atoms with van der Waals surface area (Å²) < 4.78 is 21.4. The van der Waals surface area contributed by atoms with E-state index in [-0.39, 0.29) is 12.4 Å². The minimum absolute atomic E-state index is 0.0515. The van der Waals surface area contributed by atoms with Gasteiger partial charge in [0.2, 0.25) is 0 Å². The molecule has 0 aliphatic heterocycles. The fourth-order valence-electron chi connectivity index (χ4n) is 3.10. The summed E-state index contributed by atoms with van der Waals surface area (Å²) in [6.07, 6.45) is 3.47. The Kier molecular flexibility index (Phi) is 4.96. The number of ether oxygens (including phenoxy) is 1. The largest absolute Gasteiger partial charge is 0.497 e. The van der Waals surface area contributed by atoms with Gasteiger partial charge in [-0.2, -0.15) is 9.78 Å². The molecule has 0 saturated heterocycles. The molecule has 4 rings (SSSR count). The van der Waals surface area contributed by atoms with E-state index in [9.17, 15) is 14.3 Å². The molecule has 8 nitrogen and oxygen atoms in total. The smallest absolute Gasteiger partial charge is 0.351 e. The quantitative estimate of drug-likeness (QED) is 0.521. The van der Waals surface area contributed by atoms with Crippen LogP contribution in [0.15, 0.2) is 59.7 Å². The van der Waals surface area contributed by atoms with Gasteiger partial charge in [-0.05, 0) is 35.4 Å². The van der Waals surface area contributed by atoms with Crippen molar-refractivity contribution in [3.8, 4) is 22.6 Å². The van der Waals surface area contributed by atoms with Crippen LogP contribution in [-0.4, -0.2) is 36.8 Å². The van der Waals surface area contributed by atoms with Crippen molar-refractivity contribution in [2.24, 2.45) is 0 Å². The highest BCUT2D eigenvalue weighted by atomic mass is 19.1. The number of hydrogen-bond donors (Lipinski definition) is 2. The molecule has 0 spiro atoms. The average molecular weight is 395 g/mol. The number of aromatic nitrogens is 5. The van der Waals surface area contributed by atoms with Gasteiger partial charge in [0, 0.05) is 17.8 Å². The number of halogens is 1. The number of H-pyrrole nitrogens is 1. The van der Waals surface area contributed by atoms with E-state index in [0.717, 1.165) is 11.1 Å². The molecule has 0 bridgehead atoms. The summed E-state index contributed by atoms with van der Waals surface area (Å²) in [7, 11) is 1.44. The van der Waals surface area contributed by atoms with Gasteiger partial charge in [-0.15, -0.1) is 5.10 Å². The van der Waals surface area contributed by atoms with E-state index in [1.807, 2.05) is 12.1 Å². The first-order chi connectivity index (χ1) is 14.1. The first-order valence-corrected chi connectivity index (χ1v) is 8.81. The SMILES string of the molecule is COc1cc(F)cc(Cn2c(CO)nn(-c3ccc(-c4cn[nH]c4)cc3)c2=O)c1. The lowest BCUT2D eigenvalue weighted by molar-refractivity contribution is 0.265. The lowest BCUT2D eigenvalue weighted by Crippen LogP contribution is -2.25. The van der Waals surface area contributed by atoms with Crippen molar-refractivity contribution in [1.82, 2.24) is 24.5 Å². The van der Waals surface area contributed by atoms with E-state index < -0.39 is 18.1 Å². The molecule has 0 saturated carbocycles. The summed E-state index contributed by atoms with van der Waals surface area (Å²) in [5.41, 5.74) is 2.49. The molecule has 4 aromatic rings. The third-order valence-electron chi connectivity index (χ3n) is 4.53. The van der Waals surface area contributed by atoms with Crippen LogP contribution in [0.5, 0.6) is 5.75 Å². The number of aromatic amines is 1. The van der Waals surface area contributed by atoms with Gasteiger partial charge >= 0.3 is 5.69 Å². The maximum absolute atomic E-state index is 13.8. The predicted octanol–water partition coefficient (Wildman–Crippen LogP) is 2.11. The molecule has 0 aliphatic carbocycles. The van der Waals surface area contributed by atoms with Crippen LogP contribution in [0.25, 0.3) is 16.8 Å². The first-order valence-electron chi connectivity index (χ1n) is 8.81. The molecule has 148 valence electrons. The van der Waals surface area contributed by atoms with Crippen LogP contribution in [0.1, 0.15) is 11.4 Å². The number of methoxy groups -OCH3 is 1. The molecule has 2 aromatic carbocycles. The molecule has 0 amide bonds. The Balaban J connectivity index is 1.69. The summed E-state index contributed by atoms with van der Waals surface area (Å²) in [4.78, 5) is 12.9. The monoisotopic (exact) mass is 395 g/mol. The average Bonchev–Trinajstić information content (AvgIpc) is 3.37. The van der Waals surface area contributed by atoms with Crippen LogP contribution >= 0.6 is 0 Å². The van der Waals surface area contributed by atoms with E-state index >= 15 is 0 Å². The van der Waals surface area contributed by atoms with Crippen molar-refractivity contribution >= 4 is 0 Å². The van der Waals surface area contributed by atoms with Crippen LogP contribution < -0.4 is 10.4 Å². The van der Waals surface area contributed by atoms with E-state index in [4.69, 9.17) is 4.74 Å². The van der Waals surface area contributed by atoms with Crippen molar-refractivity contribution in [3.05, 3.63) is 82.5 Å². The van der Waals surface area contributed by atoms with Gasteiger partial charge < -0.3 is 9.84 Å². The highest BCUT2D eigenvalue weighted by Crippen LogP contribution is 2.20. The second-order valence-electron chi connectivity index (χ2n) is 6.39. The molecule has 29 heavy (non-hydrogen) atoms. The molecular weight excluding hydrogens is 377 g/mol. The Hall–Kier alpha value is -3.72. The van der Waals surface area contributed by atoms with Gasteiger partial charge in [0.1, 0.15) is 18.2 Å². The van der Waals surface area contributed by atoms with Gasteiger partial charge in [-0.1, -0.05) is 12.1 Å². The lowest BCUT2D eigenvalue weighted by Gasteiger charge is -2.07. The van der Waals surface area contributed by atoms with Crippen molar-refractivity contribution in [1.29, 1.82) is 0 Å². The summed E-state index contributed by atoms with van der Waals surface area (Å²) >= 11 is 0. The maximum Gasteiger partial charge on any atom is 0.351 e. The van der Waals surface area contributed by atoms with E-state index in [2.05, 4.69) is 15.3 Å². The van der Waals surface area contributed by atoms with E-state index in [0.29, 0.717) is 17.0 Å². The Labute approximate surface area is 164 Å². The topological polar surface area (TPSA) is 98.0 Å². The fraction of sp³-hybridized carbons (Fsp3) is 0.150. The molecule has 0 aliphatic rings. The summed E-state index contributed by atoms with van der Waals surface area (Å²) in [5.74, 6) is 0.0538. The van der Waals surface area contributed by atoms with Crippen LogP contribution in [0.3, 0.4) is 0 Å². The summed E-state index contributed by atoms with van der Waals surface area (Å²) in [5, 5.41) is 20.6. The number of aliphatic hydroxyl groups excluding tert-OH is 1. The van der Waals surface area contributed by atoms with Gasteiger partial charge in [0.25, 0.3) is 0 Å². The summed E-state index contributed by atoms with van der Waals surface area (Å²) in [6.45, 7) is -0.377. The first kappa shape index (κ1) is 18.6. The maximum atomic E-state index is 13.8. The molecular formula is C20H18FN5O3. The number of rotatable bonds is 6. The molecule has 0 unspecified atom stereocenters. The minimum atomic E-state index is -0.472. The van der Waals surface area contributed by atoms with Crippen LogP contribution in [0, 0.1) is 5.82 Å². The van der Waals surface area contributed by atoms with Gasteiger partial charge in [-0.25, -0.2) is 9.18 Å². The number of hydrogen-bond acceptors (Lipinski definition) is 5. The zero-order valence-corrected chi connectivity index (χ0v) is 15.5. The van der Waals surface area contributed by atoms with Gasteiger partial charge in [0.05, 0.1) is 25.5 Å². The number of nitrogens with zero attached hydrogens (tertiary/aromatic N) is 4. The number of nitrogens with one attached hydrogen (secondary N) is 1. The van der Waals surface area contributed by atoms with E-state index in [1.54, 1.807) is 30.6 Å². The Morgan fingerprint density at radius 1 is 1.17 bits per heavy atom. The van der Waals surface area contributed by atoms with Gasteiger partial charge in [-0.3, -0.25) is 9.67 Å². The zero-order valence-electron chi connectivity index (χ0n) is 15.5. The Bertz CT molecular complexity index is 1180. The highest BCUT2D eigenvalue weighted by Gasteiger charge is 2.15. The van der Waals surface area contributed by atoms with E-state index in [1.165, 1.54) is 28.5 Å². The number of benzene rings is 2. The van der Waals surface area contributed by atoms with Crippen molar-refractivity contribution in [2.75, 3.05) is 7.11 Å². The fourth-order valence-corrected chi connectivity index (χ4v) is 3.10. The second-order valence-corrected chi connectivity index (χ2v) is 6.39. The van der Waals surface area contributed by atoms with Crippen LogP contribution in [-0.2, 0) is 13.2 Å².